The number of aliphatic hydroxyl groups excluding tert-OH is 1. The average molecular weight is 1140 g/mol. The van der Waals surface area contributed by atoms with Crippen LogP contribution in [-0.4, -0.2) is 380 Å². The fraction of sp³-hybridized carbons (Fsp3) is 0.647. The molecule has 87 heavy (non-hydrogen) atoms. The summed E-state index contributed by atoms with van der Waals surface area (Å²) in [6.07, 6.45) is -9.16. The van der Waals surface area contributed by atoms with E-state index in [0.29, 0.717) is 6.61 Å². The second-order valence-electron chi connectivity index (χ2n) is 23.1. The standard InChI is InChI=1S/C17H30BNO2.C10H13Br.C7H18BNO2.B44/c1-18(20)19-14-8-2-3-9-15-21-16-10-7-13-17-11-5-4-6-12-17;11-9-5-4-8-10-6-2-1-3-7-10;1-8(11)9-6-4-2-3-5-7-10;1-24(2)35(23)41(36(25(3)4)26(5)6)44(42(37(27(7)8)28(9)10)38(29(11)12)30(13)14)43(39(31(15)16)32(17)18)40(33(19)20)34(21)22/h4-6,11-12,19-20H,2-3,7-10,13-16H2,1H3;1-3,6-7H,4-5,8-9H2;9-11H,2-7H2,1H3;. The average Bonchev–Trinajstić information content (AvgIpc) is 0.830. The zero-order chi connectivity index (χ0) is 66.8. The zero-order valence-electron chi connectivity index (χ0n) is 52.6. The molecular formula is C34H61B46BrN2O4. The van der Waals surface area contributed by atoms with Crippen molar-refractivity contribution in [1.29, 1.82) is 0 Å². The van der Waals surface area contributed by atoms with Gasteiger partial charge in [-0.05, 0) is 102 Å². The molecule has 53 heteroatoms. The van der Waals surface area contributed by atoms with E-state index in [9.17, 15) is 0 Å². The highest BCUT2D eigenvalue weighted by atomic mass is 79.9. The molecule has 0 unspecified atom stereocenters. The van der Waals surface area contributed by atoms with Crippen LogP contribution in [0.4, 0.5) is 0 Å². The van der Waals surface area contributed by atoms with E-state index >= 15 is 0 Å². The molecule has 2 aromatic carbocycles. The predicted octanol–water partition coefficient (Wildman–Crippen LogP) is -9.83. The minimum atomic E-state index is -1.27. The number of aliphatic hydroxyl groups is 1. The third-order valence-corrected chi connectivity index (χ3v) is 16.2. The van der Waals surface area contributed by atoms with Crippen molar-refractivity contribution in [2.45, 2.75) is 104 Å². The minimum absolute atomic E-state index is 0.295. The third kappa shape index (κ3) is 40.7. The van der Waals surface area contributed by atoms with Gasteiger partial charge in [-0.15, -0.1) is 0 Å². The highest BCUT2D eigenvalue weighted by Crippen LogP contribution is 2.20. The number of aryl methyl sites for hydroxylation is 2. The first-order valence-electron chi connectivity index (χ1n) is 31.0. The van der Waals surface area contributed by atoms with Gasteiger partial charge in [0.05, 0.1) is 0 Å². The van der Waals surface area contributed by atoms with Crippen molar-refractivity contribution >= 4 is 342 Å². The quantitative estimate of drug-likeness (QED) is 0.0258. The van der Waals surface area contributed by atoms with Crippen molar-refractivity contribution in [1.82, 2.24) is 10.5 Å². The number of hydrogen-bond acceptors (Lipinski definition) is 6. The summed E-state index contributed by atoms with van der Waals surface area (Å²) in [6.45, 7) is 7.30. The van der Waals surface area contributed by atoms with Crippen LogP contribution in [0.3, 0.4) is 0 Å². The Morgan fingerprint density at radius 3 is 0.908 bits per heavy atom. The Hall–Kier alpha value is 1.67. The number of unbranched alkanes of at least 4 members (excludes halogenated alkanes) is 8. The maximum Gasteiger partial charge on any atom is 0.373 e. The molecule has 0 saturated heterocycles. The Labute approximate surface area is 581 Å². The third-order valence-electron chi connectivity index (χ3n) is 15.6. The molecule has 46 radical (unpaired) electrons. The van der Waals surface area contributed by atoms with Gasteiger partial charge in [0.15, 0.2) is 0 Å². The number of benzene rings is 2. The normalized spacial score (nSPS) is 10.0. The zero-order valence-corrected chi connectivity index (χ0v) is 54.2. The molecule has 0 atom stereocenters. The summed E-state index contributed by atoms with van der Waals surface area (Å²) >= 11 is 3.42. The fourth-order valence-corrected chi connectivity index (χ4v) is 11.8. The molecule has 0 heterocycles. The van der Waals surface area contributed by atoms with Gasteiger partial charge in [-0.2, -0.15) is 0 Å². The molecule has 6 nitrogen and oxygen atoms in total. The first kappa shape index (κ1) is 90.7. The molecule has 0 fully saturated rings. The molecule has 0 spiro atoms. The van der Waals surface area contributed by atoms with E-state index in [-0.39, 0.29) is 7.05 Å². The van der Waals surface area contributed by atoms with Crippen LogP contribution in [0.25, 0.3) is 0 Å². The molecule has 0 aliphatic heterocycles. The summed E-state index contributed by atoms with van der Waals surface area (Å²) in [7, 11) is 145. The van der Waals surface area contributed by atoms with Gasteiger partial charge in [-0.25, -0.2) is 0 Å². The van der Waals surface area contributed by atoms with Crippen LogP contribution in [0.1, 0.15) is 88.2 Å². The van der Waals surface area contributed by atoms with Crippen molar-refractivity contribution < 1.29 is 19.9 Å². The van der Waals surface area contributed by atoms with E-state index in [2.05, 4.69) is 87.0 Å². The maximum absolute atomic E-state index is 9.04. The molecule has 0 aliphatic carbocycles. The summed E-state index contributed by atoms with van der Waals surface area (Å²) < 4.78 is 5.66. The van der Waals surface area contributed by atoms with Crippen molar-refractivity contribution in [3.63, 3.8) is 0 Å². The van der Waals surface area contributed by atoms with E-state index in [0.717, 1.165) is 83.0 Å². The van der Waals surface area contributed by atoms with Gasteiger partial charge in [-0.1, -0.05) is 102 Å². The minimum Gasteiger partial charge on any atom is -0.437 e. The van der Waals surface area contributed by atoms with Crippen LogP contribution in [-0.2, 0) is 17.6 Å². The van der Waals surface area contributed by atoms with Gasteiger partial charge in [-0.3, -0.25) is 0 Å². The van der Waals surface area contributed by atoms with E-state index < -0.39 is 141 Å². The van der Waals surface area contributed by atoms with Gasteiger partial charge in [0, 0.05) is 337 Å². The van der Waals surface area contributed by atoms with Crippen LogP contribution < -0.4 is 10.5 Å². The molecule has 376 valence electrons. The molecule has 0 aromatic heterocycles. The van der Waals surface area contributed by atoms with Crippen molar-refractivity contribution in [3.8, 4) is 0 Å². The lowest BCUT2D eigenvalue weighted by atomic mass is 8.26. The van der Waals surface area contributed by atoms with E-state index in [4.69, 9.17) is 198 Å². The predicted molar refractivity (Wildman–Crippen MR) is 444 cm³/mol. The molecule has 5 N–H and O–H groups in total. The van der Waals surface area contributed by atoms with Crippen molar-refractivity contribution in [3.05, 3.63) is 71.8 Å². The molecule has 0 bridgehead atoms. The Bertz CT molecular complexity index is 1730. The Morgan fingerprint density at radius 2 is 0.621 bits per heavy atom. The number of halogens is 1. The number of nitrogens with one attached hydrogen (secondary N) is 2. The van der Waals surface area contributed by atoms with Crippen molar-refractivity contribution in [2.75, 3.05) is 38.2 Å². The van der Waals surface area contributed by atoms with Crippen LogP contribution in [0.15, 0.2) is 60.7 Å². The summed E-state index contributed by atoms with van der Waals surface area (Å²) in [5.41, 5.74) is 2.87. The highest BCUT2D eigenvalue weighted by Gasteiger charge is 2.58. The van der Waals surface area contributed by atoms with Crippen LogP contribution in [0.5, 0.6) is 0 Å². The maximum atomic E-state index is 9.04. The van der Waals surface area contributed by atoms with Gasteiger partial charge in [0.1, 0.15) is 0 Å². The molecule has 0 saturated carbocycles. The van der Waals surface area contributed by atoms with E-state index in [1.165, 1.54) is 49.7 Å². The van der Waals surface area contributed by atoms with Gasteiger partial charge in [0.25, 0.3) is 0 Å². The lowest BCUT2D eigenvalue weighted by Crippen LogP contribution is -2.93. The van der Waals surface area contributed by atoms with Crippen LogP contribution >= 0.6 is 15.9 Å². The van der Waals surface area contributed by atoms with Crippen molar-refractivity contribution in [2.24, 2.45) is 0 Å². The van der Waals surface area contributed by atoms with Crippen LogP contribution in [0.2, 0.25) is 13.6 Å². The first-order valence-corrected chi connectivity index (χ1v) is 32.1. The molecule has 2 aromatic rings. The van der Waals surface area contributed by atoms with Crippen LogP contribution in [0, 0.1) is 0 Å². The Morgan fingerprint density at radius 1 is 0.345 bits per heavy atom. The first-order chi connectivity index (χ1) is 40.9. The summed E-state index contributed by atoms with van der Waals surface area (Å²) in [5, 5.41) is 33.3. The number of hydrogen-bond donors (Lipinski definition) is 5. The largest absolute Gasteiger partial charge is 0.437 e. The lowest BCUT2D eigenvalue weighted by Gasteiger charge is -2.55. The van der Waals surface area contributed by atoms with E-state index in [1.807, 2.05) is 0 Å². The van der Waals surface area contributed by atoms with Gasteiger partial charge in [0.2, 0.25) is 0 Å². The van der Waals surface area contributed by atoms with E-state index in [1.54, 1.807) is 13.6 Å². The number of rotatable bonds is 44. The molecule has 2 rings (SSSR count). The summed E-state index contributed by atoms with van der Waals surface area (Å²) in [6, 6.07) is 21.3. The topological polar surface area (TPSA) is 94.0 Å². The number of ether oxygens (including phenoxy) is 1. The Balaban J connectivity index is 0. The SMILES string of the molecule is BrCCCCc1ccccc1.CB(O)NCCCCCCO.CB(O)NCCCCCCOCCCCc1ccccc1.[B]B([B])B([B])B(B(B([B])[B])B([B])[B])B(B(B(B([B])[B])B([B])[B])B(B([B])[B])B([B])[B])B(B(B([B])[B])B([B])[B])B(B([B])[B])B([B])[B]. The second-order valence-corrected chi connectivity index (χ2v) is 23.9. The Kier molecular flexibility index (Phi) is 57.1. The monoisotopic (exact) mass is 1150 g/mol. The van der Waals surface area contributed by atoms with Gasteiger partial charge >= 0.3 is 14.1 Å². The molecule has 0 aliphatic rings. The highest BCUT2D eigenvalue weighted by molar-refractivity contribution is 9.09. The fourth-order valence-electron chi connectivity index (χ4n) is 11.4. The number of alkyl halides is 1. The smallest absolute Gasteiger partial charge is 0.373 e. The summed E-state index contributed by atoms with van der Waals surface area (Å²) in [5.74, 6) is 0. The molecule has 0 amide bonds. The van der Waals surface area contributed by atoms with Gasteiger partial charge < -0.3 is 30.3 Å². The summed E-state index contributed by atoms with van der Waals surface area (Å²) in [4.78, 5) is 0. The molecular weight excluding hydrogens is 1080 g/mol. The second kappa shape index (κ2) is 54.8. The lowest BCUT2D eigenvalue weighted by molar-refractivity contribution is 0.126.